The van der Waals surface area contributed by atoms with Gasteiger partial charge in [0.1, 0.15) is 0 Å². The summed E-state index contributed by atoms with van der Waals surface area (Å²) in [7, 11) is 1.45. The number of likely N-dealkylation sites (tertiary alicyclic amines) is 1. The van der Waals surface area contributed by atoms with Gasteiger partial charge in [0.15, 0.2) is 0 Å². The molecule has 30 heavy (non-hydrogen) atoms. The summed E-state index contributed by atoms with van der Waals surface area (Å²) in [5.74, 6) is 0.819. The Hall–Kier alpha value is -1.61. The van der Waals surface area contributed by atoms with E-state index < -0.39 is 0 Å². The molecule has 1 aliphatic carbocycles. The zero-order chi connectivity index (χ0) is 20.9. The van der Waals surface area contributed by atoms with Crippen molar-refractivity contribution in [2.24, 2.45) is 0 Å². The summed E-state index contributed by atoms with van der Waals surface area (Å²) in [5, 5.41) is 7.35. The first-order valence-corrected chi connectivity index (χ1v) is 11.9. The number of carbonyl (C=O) groups is 1. The Morgan fingerprint density at radius 3 is 2.63 bits per heavy atom. The van der Waals surface area contributed by atoms with Gasteiger partial charge in [-0.2, -0.15) is 5.10 Å². The normalized spacial score (nSPS) is 27.1. The molecule has 2 atom stereocenters. The van der Waals surface area contributed by atoms with Crippen LogP contribution in [-0.4, -0.2) is 53.6 Å². The molecule has 1 aliphatic heterocycles. The number of piperidine rings is 1. The molecule has 1 saturated carbocycles. The first-order chi connectivity index (χ1) is 14.7. The van der Waals surface area contributed by atoms with Gasteiger partial charge in [0.05, 0.1) is 41.3 Å². The van der Waals surface area contributed by atoms with Crippen LogP contribution < -0.4 is 0 Å². The van der Waals surface area contributed by atoms with Gasteiger partial charge in [-0.1, -0.05) is 30.3 Å². The summed E-state index contributed by atoms with van der Waals surface area (Å²) in [6.07, 6.45) is 8.24. The number of amides is 1. The molecule has 2 aromatic rings. The molecule has 1 aromatic heterocycles. The maximum absolute atomic E-state index is 12.4. The van der Waals surface area contributed by atoms with Gasteiger partial charge in [0.2, 0.25) is 0 Å². The van der Waals surface area contributed by atoms with Crippen LogP contribution in [0.5, 0.6) is 0 Å². The Labute approximate surface area is 191 Å². The van der Waals surface area contributed by atoms with Gasteiger partial charge in [0.25, 0.3) is 0 Å². The van der Waals surface area contributed by atoms with Crippen LogP contribution in [0.25, 0.3) is 0 Å². The van der Waals surface area contributed by atoms with E-state index >= 15 is 0 Å². The number of H-pyrrole nitrogens is 1. The van der Waals surface area contributed by atoms with Crippen molar-refractivity contribution in [2.45, 2.75) is 62.5 Å². The lowest BCUT2D eigenvalue weighted by atomic mass is 9.82. The number of rotatable bonds is 5. The number of aromatic amines is 1. The molecule has 0 bridgehead atoms. The Morgan fingerprint density at radius 1 is 1.20 bits per heavy atom. The lowest BCUT2D eigenvalue weighted by Crippen LogP contribution is -2.50. The summed E-state index contributed by atoms with van der Waals surface area (Å²) in [4.78, 5) is 14.3. The highest BCUT2D eigenvalue weighted by Gasteiger charge is 2.38. The predicted octanol–water partition coefficient (Wildman–Crippen LogP) is 5.07. The Kier molecular flexibility index (Phi) is 7.30. The number of benzene rings is 1. The molecule has 1 unspecified atom stereocenters. The van der Waals surface area contributed by atoms with Gasteiger partial charge in [-0.05, 0) is 72.6 Å². The minimum Gasteiger partial charge on any atom is -0.453 e. The molecule has 2 aliphatic rings. The maximum Gasteiger partial charge on any atom is 0.409 e. The molecular formula is C23H30IN3O3. The largest absolute Gasteiger partial charge is 0.453 e. The second kappa shape index (κ2) is 10.1. The number of nitrogens with one attached hydrogen (secondary N) is 1. The highest BCUT2D eigenvalue weighted by atomic mass is 127. The molecule has 162 valence electrons. The predicted molar refractivity (Wildman–Crippen MR) is 124 cm³/mol. The minimum atomic E-state index is -0.268. The first-order valence-electron chi connectivity index (χ1n) is 10.9. The zero-order valence-electron chi connectivity index (χ0n) is 17.4. The zero-order valence-corrected chi connectivity index (χ0v) is 19.6. The highest BCUT2D eigenvalue weighted by Crippen LogP contribution is 2.37. The van der Waals surface area contributed by atoms with E-state index in [4.69, 9.17) is 9.47 Å². The van der Waals surface area contributed by atoms with E-state index in [0.29, 0.717) is 19.1 Å². The number of halogens is 1. The molecule has 1 N–H and O–H groups in total. The van der Waals surface area contributed by atoms with Crippen LogP contribution in [0, 0.1) is 3.57 Å². The van der Waals surface area contributed by atoms with Gasteiger partial charge in [0, 0.05) is 12.5 Å². The van der Waals surface area contributed by atoms with Crippen molar-refractivity contribution in [2.75, 3.05) is 20.3 Å². The number of hydrogen-bond donors (Lipinski definition) is 1. The summed E-state index contributed by atoms with van der Waals surface area (Å²) in [6, 6.07) is 10.8. The molecule has 0 radical (unpaired) electrons. The number of carbonyl (C=O) groups excluding carboxylic acids is 1. The Balaban J connectivity index is 1.40. The summed E-state index contributed by atoms with van der Waals surface area (Å²) >= 11 is 2.31. The van der Waals surface area contributed by atoms with Gasteiger partial charge in [-0.3, -0.25) is 5.10 Å². The average molecular weight is 523 g/mol. The molecule has 6 nitrogen and oxygen atoms in total. The van der Waals surface area contributed by atoms with Crippen LogP contribution >= 0.6 is 22.6 Å². The van der Waals surface area contributed by atoms with E-state index in [1.54, 1.807) is 0 Å². The highest BCUT2D eigenvalue weighted by molar-refractivity contribution is 14.1. The minimum absolute atomic E-state index is 0.0352. The third-order valence-electron chi connectivity index (χ3n) is 6.63. The lowest BCUT2D eigenvalue weighted by molar-refractivity contribution is -0.0243. The number of ether oxygens (including phenoxy) is 2. The van der Waals surface area contributed by atoms with Crippen LogP contribution in [0.2, 0.25) is 0 Å². The number of nitrogens with zero attached hydrogens (tertiary/aromatic N) is 2. The van der Waals surface area contributed by atoms with Crippen molar-refractivity contribution in [1.29, 1.82) is 0 Å². The quantitative estimate of drug-likeness (QED) is 0.556. The van der Waals surface area contributed by atoms with Crippen molar-refractivity contribution in [1.82, 2.24) is 15.1 Å². The molecule has 1 aromatic carbocycles. The average Bonchev–Trinajstić information content (AvgIpc) is 3.23. The van der Waals surface area contributed by atoms with Crippen LogP contribution in [0.1, 0.15) is 61.6 Å². The first kappa shape index (κ1) is 21.6. The smallest absolute Gasteiger partial charge is 0.409 e. The van der Waals surface area contributed by atoms with Crippen LogP contribution in [0.3, 0.4) is 0 Å². The summed E-state index contributed by atoms with van der Waals surface area (Å²) in [6.45, 7) is 1.25. The van der Waals surface area contributed by atoms with Gasteiger partial charge in [-0.25, -0.2) is 4.79 Å². The molecule has 2 fully saturated rings. The summed E-state index contributed by atoms with van der Waals surface area (Å²) in [5.41, 5.74) is 2.54. The van der Waals surface area contributed by atoms with Crippen molar-refractivity contribution in [3.05, 3.63) is 51.4 Å². The van der Waals surface area contributed by atoms with Gasteiger partial charge < -0.3 is 14.4 Å². The second-order valence-electron chi connectivity index (χ2n) is 8.33. The summed E-state index contributed by atoms with van der Waals surface area (Å²) < 4.78 is 12.6. The standard InChI is InChI=1S/C23H30IN3O3/c1-29-23(28)27-13-5-8-19(22-20(24)14-25-26-22)21(27)15-30-18-11-9-17(10-12-18)16-6-3-2-4-7-16/h2-4,6-7,14,17-19,21H,5,8-13,15H2,1H3,(H,25,26)/t17?,18?,19-,21?/m0/s1. The third-order valence-corrected chi connectivity index (χ3v) is 7.49. The number of methoxy groups -OCH3 is 1. The second-order valence-corrected chi connectivity index (χ2v) is 9.49. The fraction of sp³-hybridized carbons (Fsp3) is 0.565. The van der Waals surface area contributed by atoms with Gasteiger partial charge >= 0.3 is 6.09 Å². The fourth-order valence-corrected chi connectivity index (χ4v) is 5.67. The SMILES string of the molecule is COC(=O)N1CCC[C@H](c2[nH]ncc2I)C1COC1CCC(c2ccccc2)CC1. The maximum atomic E-state index is 12.4. The van der Waals surface area contributed by atoms with E-state index in [1.807, 2.05) is 11.1 Å². The topological polar surface area (TPSA) is 67.5 Å². The fourth-order valence-electron chi connectivity index (χ4n) is 5.01. The molecular weight excluding hydrogens is 493 g/mol. The molecule has 4 rings (SSSR count). The van der Waals surface area contributed by atoms with Gasteiger partial charge in [-0.15, -0.1) is 0 Å². The number of aromatic nitrogens is 2. The van der Waals surface area contributed by atoms with E-state index in [9.17, 15) is 4.79 Å². The molecule has 7 heteroatoms. The van der Waals surface area contributed by atoms with Crippen LogP contribution in [-0.2, 0) is 9.47 Å². The van der Waals surface area contributed by atoms with E-state index in [2.05, 4.69) is 63.1 Å². The third kappa shape index (κ3) is 4.82. The Morgan fingerprint density at radius 2 is 1.97 bits per heavy atom. The van der Waals surface area contributed by atoms with Crippen LogP contribution in [0.4, 0.5) is 4.79 Å². The Bertz CT molecular complexity index is 820. The van der Waals surface area contributed by atoms with E-state index in [0.717, 1.165) is 47.8 Å². The molecule has 1 amide bonds. The van der Waals surface area contributed by atoms with E-state index in [1.165, 1.54) is 12.7 Å². The van der Waals surface area contributed by atoms with Crippen molar-refractivity contribution < 1.29 is 14.3 Å². The van der Waals surface area contributed by atoms with Crippen molar-refractivity contribution in [3.63, 3.8) is 0 Å². The molecule has 2 heterocycles. The lowest BCUT2D eigenvalue weighted by Gasteiger charge is -2.41. The monoisotopic (exact) mass is 523 g/mol. The molecule has 1 saturated heterocycles. The van der Waals surface area contributed by atoms with E-state index in [-0.39, 0.29) is 24.2 Å². The van der Waals surface area contributed by atoms with Crippen molar-refractivity contribution >= 4 is 28.7 Å². The van der Waals surface area contributed by atoms with Crippen molar-refractivity contribution in [3.8, 4) is 0 Å². The molecule has 0 spiro atoms. The number of hydrogen-bond acceptors (Lipinski definition) is 4. The van der Waals surface area contributed by atoms with Crippen LogP contribution in [0.15, 0.2) is 36.5 Å².